The van der Waals surface area contributed by atoms with Crippen LogP contribution >= 0.6 is 11.3 Å². The van der Waals surface area contributed by atoms with Crippen molar-refractivity contribution < 1.29 is 9.90 Å². The Balaban J connectivity index is 1.88. The third kappa shape index (κ3) is 2.27. The number of nitrogen functional groups attached to an aromatic ring is 1. The standard InChI is InChI=1S/C9H13N3O2S/c10-8-12-6(3-15-8)7(14)11-4-9(5-13)1-2-9/h3,13H,1-2,4-5H2,(H2,10,12)(H,11,14). The topological polar surface area (TPSA) is 88.2 Å². The molecule has 1 aromatic heterocycles. The summed E-state index contributed by atoms with van der Waals surface area (Å²) < 4.78 is 0. The molecular weight excluding hydrogens is 214 g/mol. The second kappa shape index (κ2) is 3.79. The lowest BCUT2D eigenvalue weighted by Crippen LogP contribution is -2.32. The second-order valence-electron chi connectivity index (χ2n) is 3.91. The zero-order valence-electron chi connectivity index (χ0n) is 8.19. The van der Waals surface area contributed by atoms with E-state index in [1.807, 2.05) is 0 Å². The minimum Gasteiger partial charge on any atom is -0.396 e. The monoisotopic (exact) mass is 227 g/mol. The average Bonchev–Trinajstić information content (AvgIpc) is 2.90. The van der Waals surface area contributed by atoms with Crippen LogP contribution in [0.15, 0.2) is 5.38 Å². The van der Waals surface area contributed by atoms with Gasteiger partial charge >= 0.3 is 0 Å². The Bertz CT molecular complexity index is 373. The SMILES string of the molecule is Nc1nc(C(=O)NCC2(CO)CC2)cs1. The first kappa shape index (κ1) is 10.4. The Kier molecular flexibility index (Phi) is 2.62. The van der Waals surface area contributed by atoms with Crippen LogP contribution in [0.3, 0.4) is 0 Å². The van der Waals surface area contributed by atoms with Crippen molar-refractivity contribution in [1.82, 2.24) is 10.3 Å². The molecule has 0 bridgehead atoms. The molecule has 5 nitrogen and oxygen atoms in total. The number of aliphatic hydroxyl groups excluding tert-OH is 1. The Labute approximate surface area is 91.3 Å². The molecule has 6 heteroatoms. The summed E-state index contributed by atoms with van der Waals surface area (Å²) in [6.45, 7) is 0.645. The summed E-state index contributed by atoms with van der Waals surface area (Å²) in [5.41, 5.74) is 5.71. The Morgan fingerprint density at radius 1 is 1.73 bits per heavy atom. The van der Waals surface area contributed by atoms with Gasteiger partial charge in [-0.1, -0.05) is 0 Å². The molecule has 0 aliphatic heterocycles. The predicted octanol–water partition coefficient (Wildman–Crippen LogP) is 0.228. The first-order valence-electron chi connectivity index (χ1n) is 4.75. The van der Waals surface area contributed by atoms with Gasteiger partial charge in [0.25, 0.3) is 5.91 Å². The smallest absolute Gasteiger partial charge is 0.270 e. The minimum absolute atomic E-state index is 0.0722. The molecule has 82 valence electrons. The average molecular weight is 227 g/mol. The Hall–Kier alpha value is -1.14. The molecule has 15 heavy (non-hydrogen) atoms. The van der Waals surface area contributed by atoms with Gasteiger partial charge in [-0.2, -0.15) is 0 Å². The number of carbonyl (C=O) groups excluding carboxylic acids is 1. The largest absolute Gasteiger partial charge is 0.396 e. The molecule has 0 unspecified atom stereocenters. The fourth-order valence-electron chi connectivity index (χ4n) is 1.32. The maximum atomic E-state index is 11.5. The van der Waals surface area contributed by atoms with E-state index in [0.29, 0.717) is 17.4 Å². The van der Waals surface area contributed by atoms with Gasteiger partial charge in [0.05, 0.1) is 6.61 Å². The number of hydrogen-bond acceptors (Lipinski definition) is 5. The summed E-state index contributed by atoms with van der Waals surface area (Å²) in [4.78, 5) is 15.4. The Morgan fingerprint density at radius 3 is 2.93 bits per heavy atom. The maximum Gasteiger partial charge on any atom is 0.270 e. The highest BCUT2D eigenvalue weighted by atomic mass is 32.1. The minimum atomic E-state index is -0.220. The fraction of sp³-hybridized carbons (Fsp3) is 0.556. The summed E-state index contributed by atoms with van der Waals surface area (Å²) in [6.07, 6.45) is 1.95. The van der Waals surface area contributed by atoms with Crippen LogP contribution < -0.4 is 11.1 Å². The van der Waals surface area contributed by atoms with Crippen LogP contribution in [-0.4, -0.2) is 29.1 Å². The number of nitrogens with zero attached hydrogens (tertiary/aromatic N) is 1. The van der Waals surface area contributed by atoms with E-state index in [0.717, 1.165) is 12.8 Å². The van der Waals surface area contributed by atoms with Gasteiger partial charge in [-0.25, -0.2) is 4.98 Å². The predicted molar refractivity (Wildman–Crippen MR) is 57.6 cm³/mol. The zero-order chi connectivity index (χ0) is 10.9. The number of aromatic nitrogens is 1. The molecule has 0 radical (unpaired) electrons. The third-order valence-corrected chi connectivity index (χ3v) is 3.34. The van der Waals surface area contributed by atoms with Crippen LogP contribution in [0.25, 0.3) is 0 Å². The van der Waals surface area contributed by atoms with Crippen LogP contribution in [0.4, 0.5) is 5.13 Å². The van der Waals surface area contributed by atoms with Gasteiger partial charge < -0.3 is 16.2 Å². The first-order valence-corrected chi connectivity index (χ1v) is 5.63. The van der Waals surface area contributed by atoms with Gasteiger partial charge in [-0.05, 0) is 12.8 Å². The van der Waals surface area contributed by atoms with E-state index in [2.05, 4.69) is 10.3 Å². The molecule has 1 aliphatic rings. The number of aliphatic hydroxyl groups is 1. The lowest BCUT2D eigenvalue weighted by atomic mass is 10.1. The van der Waals surface area contributed by atoms with Crippen LogP contribution in [0, 0.1) is 5.41 Å². The van der Waals surface area contributed by atoms with Gasteiger partial charge in [0.2, 0.25) is 0 Å². The summed E-state index contributed by atoms with van der Waals surface area (Å²) in [6, 6.07) is 0. The molecule has 1 aromatic rings. The second-order valence-corrected chi connectivity index (χ2v) is 4.80. The summed E-state index contributed by atoms with van der Waals surface area (Å²) in [7, 11) is 0. The quantitative estimate of drug-likeness (QED) is 0.687. The summed E-state index contributed by atoms with van der Waals surface area (Å²) in [5.74, 6) is -0.220. The summed E-state index contributed by atoms with van der Waals surface area (Å²) in [5, 5.41) is 13.8. The van der Waals surface area contributed by atoms with Crippen molar-refractivity contribution in [3.05, 3.63) is 11.1 Å². The number of thiazole rings is 1. The number of nitrogens with one attached hydrogen (secondary N) is 1. The molecule has 1 saturated carbocycles. The maximum absolute atomic E-state index is 11.5. The lowest BCUT2D eigenvalue weighted by Gasteiger charge is -2.11. The molecule has 0 saturated heterocycles. The number of hydrogen-bond donors (Lipinski definition) is 3. The van der Waals surface area contributed by atoms with E-state index in [1.165, 1.54) is 11.3 Å². The molecule has 2 rings (SSSR count). The molecule has 1 heterocycles. The Morgan fingerprint density at radius 2 is 2.47 bits per heavy atom. The van der Waals surface area contributed by atoms with E-state index in [4.69, 9.17) is 10.8 Å². The van der Waals surface area contributed by atoms with Gasteiger partial charge in [0.1, 0.15) is 5.69 Å². The highest BCUT2D eigenvalue weighted by Crippen LogP contribution is 2.44. The highest BCUT2D eigenvalue weighted by molar-refractivity contribution is 7.13. The molecule has 1 fully saturated rings. The third-order valence-electron chi connectivity index (χ3n) is 2.67. The molecule has 1 aliphatic carbocycles. The van der Waals surface area contributed by atoms with Crippen molar-refractivity contribution in [2.24, 2.45) is 5.41 Å². The van der Waals surface area contributed by atoms with E-state index >= 15 is 0 Å². The first-order chi connectivity index (χ1) is 7.15. The van der Waals surface area contributed by atoms with Crippen molar-refractivity contribution in [2.45, 2.75) is 12.8 Å². The lowest BCUT2D eigenvalue weighted by molar-refractivity contribution is 0.0931. The van der Waals surface area contributed by atoms with Crippen LogP contribution in [-0.2, 0) is 0 Å². The van der Waals surface area contributed by atoms with E-state index < -0.39 is 0 Å². The zero-order valence-corrected chi connectivity index (χ0v) is 9.01. The van der Waals surface area contributed by atoms with Crippen LogP contribution in [0.2, 0.25) is 0 Å². The number of nitrogens with two attached hydrogens (primary N) is 1. The van der Waals surface area contributed by atoms with Gasteiger partial charge in [-0.15, -0.1) is 11.3 Å². The van der Waals surface area contributed by atoms with Crippen molar-refractivity contribution in [3.63, 3.8) is 0 Å². The number of rotatable bonds is 4. The number of carbonyl (C=O) groups is 1. The van der Waals surface area contributed by atoms with Crippen LogP contribution in [0.1, 0.15) is 23.3 Å². The van der Waals surface area contributed by atoms with E-state index in [-0.39, 0.29) is 17.9 Å². The molecule has 0 aromatic carbocycles. The van der Waals surface area contributed by atoms with Crippen molar-refractivity contribution in [1.29, 1.82) is 0 Å². The van der Waals surface area contributed by atoms with E-state index in [9.17, 15) is 4.79 Å². The molecular formula is C9H13N3O2S. The normalized spacial score (nSPS) is 17.4. The van der Waals surface area contributed by atoms with Crippen molar-refractivity contribution in [3.8, 4) is 0 Å². The molecule has 1 amide bonds. The van der Waals surface area contributed by atoms with Crippen molar-refractivity contribution >= 4 is 22.4 Å². The molecule has 0 atom stereocenters. The van der Waals surface area contributed by atoms with E-state index in [1.54, 1.807) is 5.38 Å². The van der Waals surface area contributed by atoms with Gasteiger partial charge in [0, 0.05) is 17.3 Å². The molecule has 4 N–H and O–H groups in total. The van der Waals surface area contributed by atoms with Gasteiger partial charge in [0.15, 0.2) is 5.13 Å². The van der Waals surface area contributed by atoms with Crippen LogP contribution in [0.5, 0.6) is 0 Å². The fourth-order valence-corrected chi connectivity index (χ4v) is 1.86. The highest BCUT2D eigenvalue weighted by Gasteiger charge is 2.42. The number of anilines is 1. The van der Waals surface area contributed by atoms with Gasteiger partial charge in [-0.3, -0.25) is 4.79 Å². The number of amides is 1. The molecule has 0 spiro atoms. The summed E-state index contributed by atoms with van der Waals surface area (Å²) >= 11 is 1.24. The van der Waals surface area contributed by atoms with Crippen molar-refractivity contribution in [2.75, 3.05) is 18.9 Å².